The van der Waals surface area contributed by atoms with Crippen LogP contribution in [0.3, 0.4) is 0 Å². The van der Waals surface area contributed by atoms with Gasteiger partial charge in [-0.05, 0) is 11.6 Å². The van der Waals surface area contributed by atoms with Crippen molar-refractivity contribution in [2.75, 3.05) is 0 Å². The highest BCUT2D eigenvalue weighted by Crippen LogP contribution is 2.18. The van der Waals surface area contributed by atoms with E-state index in [9.17, 15) is 13.2 Å². The first-order valence-corrected chi connectivity index (χ1v) is 3.50. The van der Waals surface area contributed by atoms with Crippen LogP contribution in [0.5, 0.6) is 0 Å². The summed E-state index contributed by atoms with van der Waals surface area (Å²) in [5, 5.41) is 0. The van der Waals surface area contributed by atoms with E-state index in [2.05, 4.69) is 4.98 Å². The monoisotopic (exact) mass is 191 g/mol. The van der Waals surface area contributed by atoms with Crippen LogP contribution in [0.1, 0.15) is 11.6 Å². The first kappa shape index (κ1) is 9.94. The van der Waals surface area contributed by atoms with Crippen molar-refractivity contribution in [2.24, 2.45) is 5.84 Å². The molecule has 1 rings (SSSR count). The average Bonchev–Trinajstić information content (AvgIpc) is 2.04. The minimum absolute atomic E-state index is 0.0255. The summed E-state index contributed by atoms with van der Waals surface area (Å²) in [5.74, 6) is 4.21. The molecule has 0 radical (unpaired) electrons. The third-order valence-electron chi connectivity index (χ3n) is 1.52. The summed E-state index contributed by atoms with van der Waals surface area (Å²) in [6.07, 6.45) is -0.629. The van der Waals surface area contributed by atoms with Crippen molar-refractivity contribution in [2.45, 2.75) is 12.5 Å². The van der Waals surface area contributed by atoms with Gasteiger partial charge >= 0.3 is 0 Å². The SMILES string of the molecule is NNC(c1cncc(F)c1)C(F)F. The average molecular weight is 191 g/mol. The summed E-state index contributed by atoms with van der Waals surface area (Å²) in [6.45, 7) is 0. The van der Waals surface area contributed by atoms with Gasteiger partial charge in [0.05, 0.1) is 6.20 Å². The van der Waals surface area contributed by atoms with Crippen LogP contribution in [0.2, 0.25) is 0 Å². The van der Waals surface area contributed by atoms with Crippen LogP contribution in [-0.2, 0) is 0 Å². The predicted octanol–water partition coefficient (Wildman–Crippen LogP) is 0.990. The van der Waals surface area contributed by atoms with Crippen LogP contribution >= 0.6 is 0 Å². The molecule has 1 heterocycles. The van der Waals surface area contributed by atoms with Crippen LogP contribution in [0.4, 0.5) is 13.2 Å². The molecule has 0 aromatic carbocycles. The molecule has 0 fully saturated rings. The zero-order chi connectivity index (χ0) is 9.84. The Labute approximate surface area is 72.7 Å². The second kappa shape index (κ2) is 4.20. The molecule has 0 spiro atoms. The number of aromatic nitrogens is 1. The lowest BCUT2D eigenvalue weighted by Crippen LogP contribution is -2.33. The Kier molecular flexibility index (Phi) is 3.21. The maximum Gasteiger partial charge on any atom is 0.259 e. The Bertz CT molecular complexity index is 279. The van der Waals surface area contributed by atoms with Crippen LogP contribution in [0.25, 0.3) is 0 Å². The maximum atomic E-state index is 12.6. The molecule has 0 aliphatic heterocycles. The number of alkyl halides is 2. The molecule has 0 saturated heterocycles. The standard InChI is InChI=1S/C7H8F3N3/c8-5-1-4(2-12-3-5)6(13-11)7(9)10/h1-3,6-7,13H,11H2. The Morgan fingerprint density at radius 2 is 2.08 bits per heavy atom. The lowest BCUT2D eigenvalue weighted by Gasteiger charge is -2.14. The van der Waals surface area contributed by atoms with E-state index in [0.717, 1.165) is 18.5 Å². The van der Waals surface area contributed by atoms with E-state index < -0.39 is 18.3 Å². The first-order chi connectivity index (χ1) is 6.15. The molecule has 0 bridgehead atoms. The highest BCUT2D eigenvalue weighted by atomic mass is 19.3. The Morgan fingerprint density at radius 1 is 1.38 bits per heavy atom. The van der Waals surface area contributed by atoms with E-state index in [1.807, 2.05) is 5.43 Å². The number of pyridine rings is 1. The lowest BCUT2D eigenvalue weighted by molar-refractivity contribution is 0.0983. The normalized spacial score (nSPS) is 13.3. The van der Waals surface area contributed by atoms with Gasteiger partial charge in [0.25, 0.3) is 6.43 Å². The Hall–Kier alpha value is -1.14. The zero-order valence-electron chi connectivity index (χ0n) is 6.55. The minimum Gasteiger partial charge on any atom is -0.271 e. The van der Waals surface area contributed by atoms with E-state index in [1.165, 1.54) is 0 Å². The summed E-state index contributed by atoms with van der Waals surface area (Å²) in [6, 6.07) is -0.424. The highest BCUT2D eigenvalue weighted by Gasteiger charge is 2.21. The molecule has 1 aromatic heterocycles. The van der Waals surface area contributed by atoms with Crippen LogP contribution in [0, 0.1) is 5.82 Å². The van der Waals surface area contributed by atoms with Gasteiger partial charge in [-0.1, -0.05) is 0 Å². The van der Waals surface area contributed by atoms with Gasteiger partial charge in [0, 0.05) is 6.20 Å². The quantitative estimate of drug-likeness (QED) is 0.553. The lowest BCUT2D eigenvalue weighted by atomic mass is 10.1. The van der Waals surface area contributed by atoms with Crippen molar-refractivity contribution >= 4 is 0 Å². The Balaban J connectivity index is 2.91. The molecule has 1 aromatic rings. The number of hydrogen-bond donors (Lipinski definition) is 2. The molecule has 1 atom stereocenters. The molecule has 1 unspecified atom stereocenters. The number of rotatable bonds is 3. The topological polar surface area (TPSA) is 50.9 Å². The fourth-order valence-corrected chi connectivity index (χ4v) is 0.913. The van der Waals surface area contributed by atoms with Gasteiger partial charge in [0.15, 0.2) is 0 Å². The van der Waals surface area contributed by atoms with Gasteiger partial charge in [0.1, 0.15) is 11.9 Å². The molecule has 0 aliphatic rings. The van der Waals surface area contributed by atoms with Gasteiger partial charge in [-0.3, -0.25) is 10.8 Å². The van der Waals surface area contributed by atoms with E-state index in [4.69, 9.17) is 5.84 Å². The first-order valence-electron chi connectivity index (χ1n) is 3.50. The maximum absolute atomic E-state index is 12.6. The summed E-state index contributed by atoms with van der Waals surface area (Å²) < 4.78 is 37.0. The van der Waals surface area contributed by atoms with Crippen LogP contribution in [0.15, 0.2) is 18.5 Å². The van der Waals surface area contributed by atoms with Gasteiger partial charge in [-0.25, -0.2) is 18.6 Å². The summed E-state index contributed by atoms with van der Waals surface area (Å²) >= 11 is 0. The van der Waals surface area contributed by atoms with Gasteiger partial charge < -0.3 is 0 Å². The second-order valence-corrected chi connectivity index (χ2v) is 2.42. The molecular formula is C7H8F3N3. The molecule has 0 saturated carbocycles. The summed E-state index contributed by atoms with van der Waals surface area (Å²) in [5.41, 5.74) is 1.91. The number of nitrogens with two attached hydrogens (primary N) is 1. The molecule has 13 heavy (non-hydrogen) atoms. The molecule has 0 amide bonds. The molecule has 3 N–H and O–H groups in total. The van der Waals surface area contributed by atoms with Crippen LogP contribution in [-0.4, -0.2) is 11.4 Å². The van der Waals surface area contributed by atoms with Crippen molar-refractivity contribution in [1.82, 2.24) is 10.4 Å². The van der Waals surface area contributed by atoms with Crippen LogP contribution < -0.4 is 11.3 Å². The molecule has 0 aliphatic carbocycles. The van der Waals surface area contributed by atoms with Gasteiger partial charge in [-0.15, -0.1) is 0 Å². The van der Waals surface area contributed by atoms with Crippen molar-refractivity contribution < 1.29 is 13.2 Å². The fourth-order valence-electron chi connectivity index (χ4n) is 0.913. The number of nitrogens with one attached hydrogen (secondary N) is 1. The van der Waals surface area contributed by atoms with Gasteiger partial charge in [-0.2, -0.15) is 0 Å². The second-order valence-electron chi connectivity index (χ2n) is 2.42. The van der Waals surface area contributed by atoms with E-state index in [1.54, 1.807) is 0 Å². The van der Waals surface area contributed by atoms with Gasteiger partial charge in [0.2, 0.25) is 0 Å². The molecule has 3 nitrogen and oxygen atoms in total. The molecule has 6 heteroatoms. The number of halogens is 3. The number of hydrogen-bond acceptors (Lipinski definition) is 3. The summed E-state index contributed by atoms with van der Waals surface area (Å²) in [4.78, 5) is 3.43. The van der Waals surface area contributed by atoms with E-state index in [-0.39, 0.29) is 5.56 Å². The zero-order valence-corrected chi connectivity index (χ0v) is 6.55. The largest absolute Gasteiger partial charge is 0.271 e. The van der Waals surface area contributed by atoms with Crippen molar-refractivity contribution in [3.05, 3.63) is 29.8 Å². The number of nitrogens with zero attached hydrogens (tertiary/aromatic N) is 1. The van der Waals surface area contributed by atoms with Crippen molar-refractivity contribution in [1.29, 1.82) is 0 Å². The van der Waals surface area contributed by atoms with E-state index >= 15 is 0 Å². The number of hydrazine groups is 1. The smallest absolute Gasteiger partial charge is 0.259 e. The fraction of sp³-hybridized carbons (Fsp3) is 0.286. The van der Waals surface area contributed by atoms with E-state index in [0.29, 0.717) is 0 Å². The summed E-state index contributed by atoms with van der Waals surface area (Å²) in [7, 11) is 0. The predicted molar refractivity (Wildman–Crippen MR) is 40.3 cm³/mol. The third-order valence-corrected chi connectivity index (χ3v) is 1.52. The third kappa shape index (κ3) is 2.40. The minimum atomic E-state index is -2.70. The Morgan fingerprint density at radius 3 is 2.54 bits per heavy atom. The highest BCUT2D eigenvalue weighted by molar-refractivity contribution is 5.15. The van der Waals surface area contributed by atoms with Crippen molar-refractivity contribution in [3.8, 4) is 0 Å². The van der Waals surface area contributed by atoms with Crippen molar-refractivity contribution in [3.63, 3.8) is 0 Å². The molecule has 72 valence electrons. The molecular weight excluding hydrogens is 183 g/mol.